The second-order valence-corrected chi connectivity index (χ2v) is 11.0. The van der Waals surface area contributed by atoms with E-state index in [0.29, 0.717) is 5.75 Å². The number of aromatic nitrogens is 2. The summed E-state index contributed by atoms with van der Waals surface area (Å²) in [6.07, 6.45) is 0. The zero-order valence-corrected chi connectivity index (χ0v) is 20.4. The first-order valence-corrected chi connectivity index (χ1v) is 12.2. The van der Waals surface area contributed by atoms with Gasteiger partial charge in [0.25, 0.3) is 16.8 Å². The van der Waals surface area contributed by atoms with E-state index in [4.69, 9.17) is 9.15 Å². The second-order valence-electron chi connectivity index (χ2n) is 8.36. The van der Waals surface area contributed by atoms with Crippen molar-refractivity contribution in [2.24, 2.45) is 0 Å². The van der Waals surface area contributed by atoms with Gasteiger partial charge in [-0.1, -0.05) is 12.1 Å². The molecule has 0 saturated heterocycles. The lowest BCUT2D eigenvalue weighted by Gasteiger charge is -2.20. The summed E-state index contributed by atoms with van der Waals surface area (Å²) in [5.41, 5.74) is 0.887. The molecule has 2 aromatic carbocycles. The molecule has 0 aliphatic rings. The Balaban J connectivity index is 1.77. The summed E-state index contributed by atoms with van der Waals surface area (Å²) in [4.78, 5) is 10.9. The zero-order valence-electron chi connectivity index (χ0n) is 18.8. The Morgan fingerprint density at radius 3 is 2.55 bits per heavy atom. The van der Waals surface area contributed by atoms with E-state index in [1.165, 1.54) is 12.1 Å². The van der Waals surface area contributed by atoms with Gasteiger partial charge in [0.15, 0.2) is 6.61 Å². The maximum atomic E-state index is 12.5. The fourth-order valence-corrected chi connectivity index (χ4v) is 5.01. The lowest BCUT2D eigenvalue weighted by Crippen LogP contribution is -2.40. The summed E-state index contributed by atoms with van der Waals surface area (Å²) in [5.74, 6) is 0.897. The average molecular weight is 493 g/mol. The van der Waals surface area contributed by atoms with Gasteiger partial charge in [-0.05, 0) is 75.7 Å². The Morgan fingerprint density at radius 1 is 1.15 bits per heavy atom. The van der Waals surface area contributed by atoms with Gasteiger partial charge in [0.05, 0.1) is 14.7 Å². The van der Waals surface area contributed by atoms with Crippen LogP contribution in [0.2, 0.25) is 0 Å². The van der Waals surface area contributed by atoms with Crippen LogP contribution in [0.15, 0.2) is 55.8 Å². The molecule has 12 heteroatoms. The zero-order chi connectivity index (χ0) is 24.4. The fraction of sp³-hybridized carbons (Fsp3) is 0.333. The lowest BCUT2D eigenvalue weighted by atomic mass is 10.1. The van der Waals surface area contributed by atoms with E-state index in [1.54, 1.807) is 20.8 Å². The number of hydrogen-bond acceptors (Lipinski definition) is 9. The van der Waals surface area contributed by atoms with Crippen LogP contribution in [0, 0.1) is 24.0 Å². The van der Waals surface area contributed by atoms with Crippen molar-refractivity contribution in [1.29, 1.82) is 0 Å². The summed E-state index contributed by atoms with van der Waals surface area (Å²) in [6, 6.07) is 9.47. The first-order chi connectivity index (χ1) is 15.3. The van der Waals surface area contributed by atoms with Gasteiger partial charge in [-0.25, -0.2) is 13.1 Å². The SMILES string of the molecule is Cc1ccc(C)c(OCc2nnc(Sc3ccc(S(=O)(=O)NC(C)(C)C)cc3[N+](=O)[O-])o2)c1. The fourth-order valence-electron chi connectivity index (χ4n) is 2.79. The van der Waals surface area contributed by atoms with Gasteiger partial charge in [-0.2, -0.15) is 0 Å². The molecule has 0 bridgehead atoms. The summed E-state index contributed by atoms with van der Waals surface area (Å²) < 4.78 is 38.8. The Hall–Kier alpha value is -2.96. The number of benzene rings is 2. The van der Waals surface area contributed by atoms with Crippen LogP contribution in [0.4, 0.5) is 5.69 Å². The van der Waals surface area contributed by atoms with Crippen molar-refractivity contribution in [2.75, 3.05) is 0 Å². The number of nitro benzene ring substituents is 1. The number of sulfonamides is 1. The molecule has 0 amide bonds. The standard InChI is InChI=1S/C21H24N4O6S2/c1-13-6-7-14(2)17(10-13)30-12-19-22-23-20(31-19)32-18-9-8-15(11-16(18)25(26)27)33(28,29)24-21(3,4)5/h6-11,24H,12H2,1-5H3. The summed E-state index contributed by atoms with van der Waals surface area (Å²) in [7, 11) is -3.93. The Morgan fingerprint density at radius 2 is 1.88 bits per heavy atom. The van der Waals surface area contributed by atoms with Crippen LogP contribution < -0.4 is 9.46 Å². The third-order valence-corrected chi connectivity index (χ3v) is 6.88. The van der Waals surface area contributed by atoms with Gasteiger partial charge in [0.1, 0.15) is 5.75 Å². The molecule has 3 aromatic rings. The van der Waals surface area contributed by atoms with Crippen molar-refractivity contribution in [2.45, 2.75) is 61.8 Å². The van der Waals surface area contributed by atoms with Crippen molar-refractivity contribution in [3.05, 3.63) is 63.5 Å². The molecule has 1 aromatic heterocycles. The molecule has 0 fully saturated rings. The second kappa shape index (κ2) is 9.49. The highest BCUT2D eigenvalue weighted by Crippen LogP contribution is 2.36. The highest BCUT2D eigenvalue weighted by molar-refractivity contribution is 7.99. The molecule has 0 atom stereocenters. The molecule has 33 heavy (non-hydrogen) atoms. The van der Waals surface area contributed by atoms with Gasteiger partial charge in [-0.15, -0.1) is 10.2 Å². The number of ether oxygens (including phenoxy) is 1. The predicted octanol–water partition coefficient (Wildman–Crippen LogP) is 4.40. The first-order valence-electron chi connectivity index (χ1n) is 9.87. The minimum absolute atomic E-state index is 0.0373. The number of nitrogens with one attached hydrogen (secondary N) is 1. The summed E-state index contributed by atoms with van der Waals surface area (Å²) in [6.45, 7) is 8.96. The van der Waals surface area contributed by atoms with Crippen molar-refractivity contribution in [1.82, 2.24) is 14.9 Å². The highest BCUT2D eigenvalue weighted by Gasteiger charge is 2.26. The smallest absolute Gasteiger partial charge is 0.284 e. The van der Waals surface area contributed by atoms with Crippen molar-refractivity contribution < 1.29 is 22.5 Å². The van der Waals surface area contributed by atoms with Crippen LogP contribution in [-0.4, -0.2) is 29.1 Å². The van der Waals surface area contributed by atoms with Crippen LogP contribution in [-0.2, 0) is 16.6 Å². The summed E-state index contributed by atoms with van der Waals surface area (Å²) in [5, 5.41) is 19.5. The first kappa shape index (κ1) is 24.7. The Bertz CT molecular complexity index is 1280. The quantitative estimate of drug-likeness (QED) is 0.358. The average Bonchev–Trinajstić information content (AvgIpc) is 3.14. The molecule has 1 N–H and O–H groups in total. The number of hydrogen-bond donors (Lipinski definition) is 1. The molecule has 10 nitrogen and oxygen atoms in total. The van der Waals surface area contributed by atoms with Gasteiger partial charge < -0.3 is 9.15 Å². The van der Waals surface area contributed by atoms with Crippen molar-refractivity contribution >= 4 is 27.5 Å². The molecular weight excluding hydrogens is 468 g/mol. The molecule has 0 aliphatic heterocycles. The van der Waals surface area contributed by atoms with Crippen LogP contribution in [0.25, 0.3) is 0 Å². The number of rotatable bonds is 8. The minimum Gasteiger partial charge on any atom is -0.484 e. The Kier molecular flexibility index (Phi) is 7.10. The topological polar surface area (TPSA) is 137 Å². The maximum Gasteiger partial charge on any atom is 0.284 e. The molecule has 0 unspecified atom stereocenters. The predicted molar refractivity (Wildman–Crippen MR) is 122 cm³/mol. The molecule has 3 rings (SSSR count). The normalized spacial score (nSPS) is 12.0. The van der Waals surface area contributed by atoms with Gasteiger partial charge >= 0.3 is 0 Å². The molecule has 0 spiro atoms. The third kappa shape index (κ3) is 6.53. The van der Waals surface area contributed by atoms with Gasteiger partial charge in [0.2, 0.25) is 10.0 Å². The minimum atomic E-state index is -3.93. The molecular formula is C21H24N4O6S2. The summed E-state index contributed by atoms with van der Waals surface area (Å²) >= 11 is 0.870. The Labute approximate surface area is 196 Å². The van der Waals surface area contributed by atoms with E-state index in [0.717, 1.165) is 29.0 Å². The van der Waals surface area contributed by atoms with E-state index in [1.807, 2.05) is 32.0 Å². The van der Waals surface area contributed by atoms with Gasteiger partial charge in [0, 0.05) is 11.6 Å². The van der Waals surface area contributed by atoms with Crippen LogP contribution in [0.5, 0.6) is 5.75 Å². The number of nitro groups is 1. The van der Waals surface area contributed by atoms with E-state index in [2.05, 4.69) is 14.9 Å². The lowest BCUT2D eigenvalue weighted by molar-refractivity contribution is -0.388. The molecule has 0 radical (unpaired) electrons. The van der Waals surface area contributed by atoms with E-state index in [9.17, 15) is 18.5 Å². The maximum absolute atomic E-state index is 12.5. The van der Waals surface area contributed by atoms with E-state index < -0.39 is 20.5 Å². The molecule has 176 valence electrons. The van der Waals surface area contributed by atoms with E-state index >= 15 is 0 Å². The monoisotopic (exact) mass is 492 g/mol. The molecule has 0 saturated carbocycles. The van der Waals surface area contributed by atoms with Gasteiger partial charge in [-0.3, -0.25) is 10.1 Å². The van der Waals surface area contributed by atoms with Crippen LogP contribution >= 0.6 is 11.8 Å². The molecule has 0 aliphatic carbocycles. The highest BCUT2D eigenvalue weighted by atomic mass is 32.2. The third-order valence-electron chi connectivity index (χ3n) is 4.22. The van der Waals surface area contributed by atoms with Crippen LogP contribution in [0.3, 0.4) is 0 Å². The van der Waals surface area contributed by atoms with Crippen molar-refractivity contribution in [3.63, 3.8) is 0 Å². The van der Waals surface area contributed by atoms with E-state index in [-0.39, 0.29) is 33.2 Å². The van der Waals surface area contributed by atoms with Crippen LogP contribution in [0.1, 0.15) is 37.8 Å². The molecule has 1 heterocycles. The number of nitrogens with zero attached hydrogens (tertiary/aromatic N) is 3. The number of aryl methyl sites for hydroxylation is 2. The van der Waals surface area contributed by atoms with Crippen molar-refractivity contribution in [3.8, 4) is 5.75 Å². The largest absolute Gasteiger partial charge is 0.484 e.